The van der Waals surface area contributed by atoms with Crippen LogP contribution in [0.5, 0.6) is 0 Å². The fourth-order valence-corrected chi connectivity index (χ4v) is 19.3. The lowest BCUT2D eigenvalue weighted by Crippen LogP contribution is -2.65. The Kier molecular flexibility index (Phi) is 14.7. The van der Waals surface area contributed by atoms with Crippen LogP contribution < -0.4 is 26.2 Å². The number of anilines is 4. The number of allylic oxidation sites excluding steroid dienone is 8. The molecule has 0 saturated carbocycles. The Labute approximate surface area is 569 Å². The van der Waals surface area contributed by atoms with Crippen LogP contribution in [0.4, 0.5) is 22.7 Å². The van der Waals surface area contributed by atoms with E-state index in [0.29, 0.717) is 45.9 Å². The lowest BCUT2D eigenvalue weighted by Gasteiger charge is -2.53. The maximum Gasteiger partial charge on any atom is 0.252 e. The van der Waals surface area contributed by atoms with Gasteiger partial charge in [0.2, 0.25) is 0 Å². The molecular weight excluding hydrogens is 1180 g/mol. The van der Waals surface area contributed by atoms with Gasteiger partial charge in [-0.3, -0.25) is 0 Å². The number of nitrogens with zero attached hydrogens (tertiary/aromatic N) is 8. The Morgan fingerprint density at radius 2 is 0.804 bits per heavy atom. The van der Waals surface area contributed by atoms with E-state index in [1.807, 2.05) is 48.5 Å². The second-order valence-electron chi connectivity index (χ2n) is 28.7. The zero-order chi connectivity index (χ0) is 64.8. The lowest BCUT2D eigenvalue weighted by atomic mass is 9.33. The van der Waals surface area contributed by atoms with Gasteiger partial charge in [0.1, 0.15) is 0 Å². The number of hydrogen-bond acceptors (Lipinski definition) is 6. The largest absolute Gasteiger partial charge is 0.334 e. The maximum absolute atomic E-state index is 10.4. The molecule has 97 heavy (non-hydrogen) atoms. The Hall–Kier alpha value is -10.6. The van der Waals surface area contributed by atoms with Crippen molar-refractivity contribution in [1.82, 2.24) is 9.13 Å². The molecule has 8 aliphatic rings. The summed E-state index contributed by atoms with van der Waals surface area (Å²) in [7, 11) is 0. The normalized spacial score (nSPS) is 22.0. The van der Waals surface area contributed by atoms with E-state index in [4.69, 9.17) is 0 Å². The molecule has 10 aromatic rings. The molecular formula is C88H75BN8. The monoisotopic (exact) mass is 1250 g/mol. The molecule has 0 fully saturated rings. The first-order chi connectivity index (χ1) is 47.9. The number of benzene rings is 8. The SMILES string of the molecule is N#Cc1ccc2c(c1)c1cc(C#N)ccc1n2-c1ccc2c(c1)N(C1C(C3CC=CCC3)=CCCC1C1=CCCCC1)c1cc(-c3ccccc3)cc3c1B2c1ccc(-n2c4ccc(C#N)cc4c4cc(C#N)ccc42)cc1N3C1C(C2CC=CCC2)=CCCC1C1=CCCCC1. The van der Waals surface area contributed by atoms with Gasteiger partial charge >= 0.3 is 0 Å². The molecule has 6 unspecified atom stereocenters. The quantitative estimate of drug-likeness (QED) is 0.105. The summed E-state index contributed by atoms with van der Waals surface area (Å²) in [6, 6.07) is 65.2. The van der Waals surface area contributed by atoms with Crippen molar-refractivity contribution in [2.24, 2.45) is 23.7 Å². The summed E-state index contributed by atoms with van der Waals surface area (Å²) < 4.78 is 4.78. The molecule has 8 nitrogen and oxygen atoms in total. The number of rotatable bonds is 9. The summed E-state index contributed by atoms with van der Waals surface area (Å²) >= 11 is 0. The second-order valence-corrected chi connectivity index (χ2v) is 28.7. The molecule has 0 N–H and O–H groups in total. The zero-order valence-electron chi connectivity index (χ0n) is 54.9. The van der Waals surface area contributed by atoms with Crippen molar-refractivity contribution in [3.05, 3.63) is 245 Å². The van der Waals surface area contributed by atoms with Gasteiger partial charge in [-0.25, -0.2) is 0 Å². The molecule has 0 amide bonds. The highest BCUT2D eigenvalue weighted by Gasteiger charge is 2.51. The van der Waals surface area contributed by atoms with Crippen molar-refractivity contribution in [2.75, 3.05) is 9.80 Å². The van der Waals surface area contributed by atoms with E-state index >= 15 is 0 Å². The van der Waals surface area contributed by atoms with Crippen LogP contribution in [0, 0.1) is 69.0 Å². The molecule has 0 radical (unpaired) electrons. The van der Waals surface area contributed by atoms with Crippen molar-refractivity contribution in [2.45, 2.75) is 128 Å². The molecule has 4 heterocycles. The van der Waals surface area contributed by atoms with Gasteiger partial charge in [-0.05, 0) is 275 Å². The molecule has 0 spiro atoms. The van der Waals surface area contributed by atoms with E-state index < -0.39 is 0 Å². The summed E-state index contributed by atoms with van der Waals surface area (Å²) in [6.45, 7) is -0.179. The van der Waals surface area contributed by atoms with Gasteiger partial charge in [-0.1, -0.05) is 102 Å². The predicted molar refractivity (Wildman–Crippen MR) is 396 cm³/mol. The van der Waals surface area contributed by atoms with E-state index in [-0.39, 0.29) is 18.8 Å². The third kappa shape index (κ3) is 9.71. The van der Waals surface area contributed by atoms with Gasteiger partial charge in [-0.2, -0.15) is 21.0 Å². The second kappa shape index (κ2) is 24.3. The molecule has 9 heteroatoms. The molecule has 18 rings (SSSR count). The lowest BCUT2D eigenvalue weighted by molar-refractivity contribution is 0.391. The first-order valence-electron chi connectivity index (χ1n) is 35.9. The number of nitriles is 4. The van der Waals surface area contributed by atoms with Crippen molar-refractivity contribution in [3.8, 4) is 46.8 Å². The van der Waals surface area contributed by atoms with E-state index in [1.165, 1.54) is 75.9 Å². The number of hydrogen-bond donors (Lipinski definition) is 0. The van der Waals surface area contributed by atoms with Crippen molar-refractivity contribution >= 4 is 89.5 Å². The molecule has 2 aliphatic heterocycles. The van der Waals surface area contributed by atoms with Crippen LogP contribution >= 0.6 is 0 Å². The fourth-order valence-electron chi connectivity index (χ4n) is 19.3. The molecule has 8 aromatic carbocycles. The van der Waals surface area contributed by atoms with E-state index in [1.54, 1.807) is 22.3 Å². The average Bonchev–Trinajstić information content (AvgIpc) is 1.21. The molecule has 6 aliphatic carbocycles. The van der Waals surface area contributed by atoms with Gasteiger partial charge < -0.3 is 18.9 Å². The smallest absolute Gasteiger partial charge is 0.252 e. The number of fused-ring (bicyclic) bond motifs is 10. The van der Waals surface area contributed by atoms with Crippen LogP contribution in [0.2, 0.25) is 0 Å². The van der Waals surface area contributed by atoms with Gasteiger partial charge in [0.05, 0.1) is 80.7 Å². The molecule has 0 saturated heterocycles. The van der Waals surface area contributed by atoms with Gasteiger partial charge in [0.25, 0.3) is 6.71 Å². The van der Waals surface area contributed by atoms with Crippen LogP contribution in [0.1, 0.15) is 138 Å². The van der Waals surface area contributed by atoms with Crippen LogP contribution in [-0.2, 0) is 0 Å². The molecule has 6 atom stereocenters. The Balaban J connectivity index is 0.972. The first kappa shape index (κ1) is 59.0. The summed E-state index contributed by atoms with van der Waals surface area (Å²) in [5.74, 6) is 1.39. The van der Waals surface area contributed by atoms with Gasteiger partial charge in [-0.15, -0.1) is 0 Å². The summed E-state index contributed by atoms with van der Waals surface area (Å²) in [5, 5.41) is 45.4. The number of aromatic nitrogens is 2. The minimum Gasteiger partial charge on any atom is -0.334 e. The van der Waals surface area contributed by atoms with Crippen LogP contribution in [0.3, 0.4) is 0 Å². The van der Waals surface area contributed by atoms with E-state index in [0.717, 1.165) is 145 Å². The fraction of sp³-hybridized carbons (Fsp3) is 0.273. The summed E-state index contributed by atoms with van der Waals surface area (Å²) in [6.07, 6.45) is 40.7. The predicted octanol–water partition coefficient (Wildman–Crippen LogP) is 19.6. The van der Waals surface area contributed by atoms with Crippen LogP contribution in [0.15, 0.2) is 223 Å². The Bertz CT molecular complexity index is 4880. The van der Waals surface area contributed by atoms with Crippen LogP contribution in [-0.4, -0.2) is 27.9 Å². The average molecular weight is 1260 g/mol. The highest BCUT2D eigenvalue weighted by molar-refractivity contribution is 7.00. The van der Waals surface area contributed by atoms with Crippen molar-refractivity contribution in [1.29, 1.82) is 21.0 Å². The first-order valence-corrected chi connectivity index (χ1v) is 35.9. The third-order valence-corrected chi connectivity index (χ3v) is 23.6. The highest BCUT2D eigenvalue weighted by atomic mass is 15.2. The van der Waals surface area contributed by atoms with Gasteiger partial charge in [0.15, 0.2) is 0 Å². The zero-order valence-corrected chi connectivity index (χ0v) is 54.9. The van der Waals surface area contributed by atoms with E-state index in [9.17, 15) is 21.0 Å². The minimum atomic E-state index is -0.179. The standard InChI is InChI=1S/C88H75BN8/c90-52-56-32-40-78-72(44-56)73-45-57(53-91)33-41-79(73)94(78)66-36-38-76-82(50-66)96(87-68(61-20-8-2-9-21-61)28-16-29-69(87)62-22-10-3-11-23-62)84-48-65(60-18-6-1-7-19-60)49-85-86(84)89(76)77-39-37-67(95-80-42-34-58(54-92)46-74(80)75-47-59(55-93)35-43-81(75)95)51-83(77)97(85)88-70(63-24-12-4-13-25-63)30-17-31-71(88)64-26-14-5-15-27-64/h1-2,4,6-8,12,18-19,22,26,28,30,32-51,61,63,69,71,87-88H,3,5,9-11,13-17,20-21,23-25,27,29,31H2. The Morgan fingerprint density at radius 1 is 0.371 bits per heavy atom. The maximum atomic E-state index is 10.4. The minimum absolute atomic E-state index is 0.0316. The molecule has 2 aromatic heterocycles. The van der Waals surface area contributed by atoms with E-state index in [2.05, 4.69) is 195 Å². The van der Waals surface area contributed by atoms with Crippen molar-refractivity contribution < 1.29 is 0 Å². The highest BCUT2D eigenvalue weighted by Crippen LogP contribution is 2.54. The van der Waals surface area contributed by atoms with Gasteiger partial charge in [0, 0.05) is 67.5 Å². The summed E-state index contributed by atoms with van der Waals surface area (Å²) in [5.41, 5.74) is 26.2. The van der Waals surface area contributed by atoms with Crippen molar-refractivity contribution in [3.63, 3.8) is 0 Å². The molecule has 470 valence electrons. The van der Waals surface area contributed by atoms with Crippen LogP contribution in [0.25, 0.3) is 66.1 Å². The Morgan fingerprint density at radius 3 is 1.19 bits per heavy atom. The summed E-state index contributed by atoms with van der Waals surface area (Å²) in [4.78, 5) is 5.87. The molecule has 0 bridgehead atoms. The third-order valence-electron chi connectivity index (χ3n) is 23.6. The topological polar surface area (TPSA) is 111 Å².